The van der Waals surface area contributed by atoms with E-state index in [1.807, 2.05) is 0 Å². The van der Waals surface area contributed by atoms with E-state index < -0.39 is 0 Å². The average Bonchev–Trinajstić information content (AvgIpc) is 2.77. The van der Waals surface area contributed by atoms with Crippen LogP contribution in [0.1, 0.15) is 19.8 Å². The Hall–Kier alpha value is -0.380. The Balaban J connectivity index is 1.61. The summed E-state index contributed by atoms with van der Waals surface area (Å²) >= 11 is 0. The van der Waals surface area contributed by atoms with E-state index in [2.05, 4.69) is 24.4 Å². The molecule has 2 rings (SSSR count). The lowest BCUT2D eigenvalue weighted by atomic mass is 10.0. The lowest BCUT2D eigenvalue weighted by Gasteiger charge is -2.16. The molecule has 1 fully saturated rings. The third-order valence-electron chi connectivity index (χ3n) is 3.55. The van der Waals surface area contributed by atoms with E-state index in [4.69, 9.17) is 10.5 Å². The van der Waals surface area contributed by atoms with Gasteiger partial charge in [0.25, 0.3) is 0 Å². The molecule has 1 saturated heterocycles. The van der Waals surface area contributed by atoms with Gasteiger partial charge in [0.1, 0.15) is 0 Å². The highest BCUT2D eigenvalue weighted by atomic mass is 16.5. The van der Waals surface area contributed by atoms with Crippen LogP contribution in [0.15, 0.2) is 12.2 Å². The summed E-state index contributed by atoms with van der Waals surface area (Å²) in [5.41, 5.74) is 5.81. The van der Waals surface area contributed by atoms with Gasteiger partial charge in [0.15, 0.2) is 0 Å². The van der Waals surface area contributed by atoms with Crippen molar-refractivity contribution in [1.82, 2.24) is 5.32 Å². The van der Waals surface area contributed by atoms with Crippen LogP contribution < -0.4 is 11.1 Å². The molecule has 4 atom stereocenters. The van der Waals surface area contributed by atoms with Crippen molar-refractivity contribution in [2.24, 2.45) is 17.6 Å². The van der Waals surface area contributed by atoms with Crippen LogP contribution in [0, 0.1) is 11.8 Å². The topological polar surface area (TPSA) is 47.3 Å². The van der Waals surface area contributed by atoms with E-state index in [1.165, 1.54) is 6.42 Å². The number of hydrogen-bond acceptors (Lipinski definition) is 3. The van der Waals surface area contributed by atoms with Crippen LogP contribution in [0.25, 0.3) is 0 Å². The molecule has 0 aromatic rings. The van der Waals surface area contributed by atoms with Gasteiger partial charge in [0.05, 0.1) is 6.10 Å². The van der Waals surface area contributed by atoms with Crippen LogP contribution in [0.2, 0.25) is 0 Å². The summed E-state index contributed by atoms with van der Waals surface area (Å²) in [6.07, 6.45) is 7.09. The number of ether oxygens (including phenoxy) is 1. The van der Waals surface area contributed by atoms with Crippen LogP contribution in [0.5, 0.6) is 0 Å². The molecule has 1 aliphatic carbocycles. The Kier molecular flexibility index (Phi) is 3.78. The predicted octanol–water partition coefficient (Wildman–Crippen LogP) is 0.904. The summed E-state index contributed by atoms with van der Waals surface area (Å²) < 4.78 is 5.53. The van der Waals surface area contributed by atoms with Crippen LogP contribution >= 0.6 is 0 Å². The van der Waals surface area contributed by atoms with Gasteiger partial charge in [0, 0.05) is 25.7 Å². The molecule has 0 bridgehead atoms. The fourth-order valence-corrected chi connectivity index (χ4v) is 2.46. The maximum atomic E-state index is 5.81. The second-order valence-electron chi connectivity index (χ2n) is 4.83. The zero-order valence-corrected chi connectivity index (χ0v) is 9.49. The Morgan fingerprint density at radius 3 is 2.87 bits per heavy atom. The maximum Gasteiger partial charge on any atom is 0.0588 e. The molecule has 4 unspecified atom stereocenters. The van der Waals surface area contributed by atoms with Gasteiger partial charge in [-0.15, -0.1) is 0 Å². The second kappa shape index (κ2) is 5.10. The first-order chi connectivity index (χ1) is 7.25. The highest BCUT2D eigenvalue weighted by Gasteiger charge is 2.24. The summed E-state index contributed by atoms with van der Waals surface area (Å²) in [6.45, 7) is 5.25. The van der Waals surface area contributed by atoms with Crippen molar-refractivity contribution in [2.75, 3.05) is 19.7 Å². The first-order valence-corrected chi connectivity index (χ1v) is 6.02. The van der Waals surface area contributed by atoms with Gasteiger partial charge in [0.2, 0.25) is 0 Å². The fraction of sp³-hybridized carbons (Fsp3) is 0.833. The van der Waals surface area contributed by atoms with Crippen molar-refractivity contribution < 1.29 is 4.74 Å². The number of nitrogens with one attached hydrogen (secondary N) is 1. The van der Waals surface area contributed by atoms with Crippen molar-refractivity contribution in [1.29, 1.82) is 0 Å². The van der Waals surface area contributed by atoms with Crippen molar-refractivity contribution in [3.8, 4) is 0 Å². The zero-order valence-electron chi connectivity index (χ0n) is 9.49. The molecule has 3 N–H and O–H groups in total. The number of hydrogen-bond donors (Lipinski definition) is 2. The van der Waals surface area contributed by atoms with Crippen LogP contribution in [0.4, 0.5) is 0 Å². The molecule has 0 aromatic carbocycles. The third-order valence-corrected chi connectivity index (χ3v) is 3.55. The highest BCUT2D eigenvalue weighted by Crippen LogP contribution is 2.20. The summed E-state index contributed by atoms with van der Waals surface area (Å²) in [5, 5.41) is 3.53. The van der Waals surface area contributed by atoms with Gasteiger partial charge in [-0.05, 0) is 31.6 Å². The molecule has 0 spiro atoms. The lowest BCUT2D eigenvalue weighted by molar-refractivity contribution is 0.105. The summed E-state index contributed by atoms with van der Waals surface area (Å²) in [4.78, 5) is 0. The second-order valence-corrected chi connectivity index (χ2v) is 4.83. The first kappa shape index (κ1) is 11.1. The van der Waals surface area contributed by atoms with E-state index in [0.717, 1.165) is 26.1 Å². The molecule has 0 saturated carbocycles. The van der Waals surface area contributed by atoms with Gasteiger partial charge < -0.3 is 15.8 Å². The Labute approximate surface area is 92.1 Å². The largest absolute Gasteiger partial charge is 0.378 e. The zero-order chi connectivity index (χ0) is 10.7. The molecule has 0 radical (unpaired) electrons. The summed E-state index contributed by atoms with van der Waals surface area (Å²) in [7, 11) is 0. The predicted molar refractivity (Wildman–Crippen MR) is 61.6 cm³/mol. The van der Waals surface area contributed by atoms with Crippen molar-refractivity contribution >= 4 is 0 Å². The van der Waals surface area contributed by atoms with E-state index in [-0.39, 0.29) is 6.04 Å². The Bertz CT molecular complexity index is 230. The molecule has 15 heavy (non-hydrogen) atoms. The normalized spacial score (nSPS) is 40.1. The van der Waals surface area contributed by atoms with Crippen LogP contribution in [0.3, 0.4) is 0 Å². The van der Waals surface area contributed by atoms with Crippen LogP contribution in [-0.4, -0.2) is 31.8 Å². The van der Waals surface area contributed by atoms with Crippen molar-refractivity contribution in [2.45, 2.75) is 31.9 Å². The minimum absolute atomic E-state index is 0.283. The molecule has 1 aliphatic heterocycles. The molecule has 0 amide bonds. The van der Waals surface area contributed by atoms with E-state index in [9.17, 15) is 0 Å². The summed E-state index contributed by atoms with van der Waals surface area (Å²) in [6, 6.07) is 0.283. The minimum atomic E-state index is 0.283. The Morgan fingerprint density at radius 2 is 2.27 bits per heavy atom. The molecule has 0 aromatic heterocycles. The lowest BCUT2D eigenvalue weighted by Crippen LogP contribution is -2.30. The monoisotopic (exact) mass is 210 g/mol. The third kappa shape index (κ3) is 3.03. The van der Waals surface area contributed by atoms with Gasteiger partial charge in [-0.25, -0.2) is 0 Å². The van der Waals surface area contributed by atoms with E-state index in [0.29, 0.717) is 17.9 Å². The quantitative estimate of drug-likeness (QED) is 0.678. The maximum absolute atomic E-state index is 5.81. The molecular weight excluding hydrogens is 188 g/mol. The van der Waals surface area contributed by atoms with Gasteiger partial charge in [-0.2, -0.15) is 0 Å². The Morgan fingerprint density at radius 1 is 1.40 bits per heavy atom. The van der Waals surface area contributed by atoms with E-state index >= 15 is 0 Å². The fourth-order valence-electron chi connectivity index (χ4n) is 2.46. The first-order valence-electron chi connectivity index (χ1n) is 6.02. The van der Waals surface area contributed by atoms with Gasteiger partial charge in [-0.1, -0.05) is 12.2 Å². The highest BCUT2D eigenvalue weighted by molar-refractivity contribution is 5.05. The van der Waals surface area contributed by atoms with Crippen LogP contribution in [-0.2, 0) is 4.74 Å². The molecule has 2 aliphatic rings. The van der Waals surface area contributed by atoms with E-state index in [1.54, 1.807) is 0 Å². The SMILES string of the molecule is CC1OCCC1CNCC1C=CC(N)C1. The van der Waals surface area contributed by atoms with Gasteiger partial charge in [-0.3, -0.25) is 0 Å². The molecule has 1 heterocycles. The van der Waals surface area contributed by atoms with Crippen molar-refractivity contribution in [3.05, 3.63) is 12.2 Å². The van der Waals surface area contributed by atoms with Crippen molar-refractivity contribution in [3.63, 3.8) is 0 Å². The number of nitrogens with two attached hydrogens (primary N) is 1. The molecular formula is C12H22N2O. The number of rotatable bonds is 4. The summed E-state index contributed by atoms with van der Waals surface area (Å²) in [5.74, 6) is 1.33. The average molecular weight is 210 g/mol. The molecule has 3 heteroatoms. The standard InChI is InChI=1S/C12H22N2O/c1-9-11(4-5-15-9)8-14-7-10-2-3-12(13)6-10/h2-3,9-12,14H,4-8,13H2,1H3. The molecule has 86 valence electrons. The van der Waals surface area contributed by atoms with Gasteiger partial charge >= 0.3 is 0 Å². The minimum Gasteiger partial charge on any atom is -0.378 e. The molecule has 3 nitrogen and oxygen atoms in total. The smallest absolute Gasteiger partial charge is 0.0588 e.